The highest BCUT2D eigenvalue weighted by atomic mass is 19.4. The predicted molar refractivity (Wildman–Crippen MR) is 101 cm³/mol. The van der Waals surface area contributed by atoms with Crippen LogP contribution in [0, 0.1) is 0 Å². The maximum atomic E-state index is 12.9. The number of rotatable bonds is 5. The molecule has 0 saturated heterocycles. The van der Waals surface area contributed by atoms with Crippen molar-refractivity contribution < 1.29 is 36.2 Å². The van der Waals surface area contributed by atoms with Crippen LogP contribution >= 0.6 is 0 Å². The summed E-state index contributed by atoms with van der Waals surface area (Å²) in [7, 11) is 1.26. The van der Waals surface area contributed by atoms with Crippen molar-refractivity contribution in [2.75, 3.05) is 7.11 Å². The van der Waals surface area contributed by atoms with E-state index in [2.05, 4.69) is 19.6 Å². The molecule has 6 nitrogen and oxygen atoms in total. The van der Waals surface area contributed by atoms with E-state index >= 15 is 0 Å². The highest BCUT2D eigenvalue weighted by molar-refractivity contribution is 5.89. The second-order valence-electron chi connectivity index (χ2n) is 5.69. The van der Waals surface area contributed by atoms with E-state index in [1.165, 1.54) is 42.4 Å². The average Bonchev–Trinajstić information content (AvgIpc) is 3.24. The van der Waals surface area contributed by atoms with Crippen LogP contribution in [0.1, 0.15) is 24.2 Å². The number of halogens is 5. The largest absolute Gasteiger partial charge is 0.499 e. The van der Waals surface area contributed by atoms with E-state index in [9.17, 15) is 26.7 Å². The number of nitrogens with zero attached hydrogens (tertiary/aromatic N) is 3. The summed E-state index contributed by atoms with van der Waals surface area (Å²) in [5.74, 6) is -0.839. The fraction of sp³-hybridized carbons (Fsp3) is 0.250. The van der Waals surface area contributed by atoms with Crippen LogP contribution in [0.3, 0.4) is 0 Å². The Kier molecular flexibility index (Phi) is 7.32. The minimum absolute atomic E-state index is 0.311. The van der Waals surface area contributed by atoms with Crippen LogP contribution in [-0.2, 0) is 4.74 Å². The number of hydrogen-bond donors (Lipinski definition) is 0. The van der Waals surface area contributed by atoms with Gasteiger partial charge in [-0.2, -0.15) is 22.0 Å². The molecule has 0 fully saturated rings. The first-order chi connectivity index (χ1) is 14.6. The first-order valence-electron chi connectivity index (χ1n) is 8.95. The Morgan fingerprint density at radius 2 is 1.52 bits per heavy atom. The van der Waals surface area contributed by atoms with E-state index in [1.807, 2.05) is 13.8 Å². The summed E-state index contributed by atoms with van der Waals surface area (Å²) in [5, 5.41) is 4.21. The molecule has 0 N–H and O–H groups in total. The normalized spacial score (nSPS) is 11.4. The Morgan fingerprint density at radius 3 is 2.03 bits per heavy atom. The molecule has 2 aromatic carbocycles. The zero-order chi connectivity index (χ0) is 23.2. The van der Waals surface area contributed by atoms with Gasteiger partial charge in [0.15, 0.2) is 5.82 Å². The van der Waals surface area contributed by atoms with Gasteiger partial charge in [0.1, 0.15) is 12.1 Å². The van der Waals surface area contributed by atoms with Gasteiger partial charge in [0, 0.05) is 5.56 Å². The molecule has 1 heterocycles. The fourth-order valence-corrected chi connectivity index (χ4v) is 2.27. The van der Waals surface area contributed by atoms with Crippen molar-refractivity contribution in [2.24, 2.45) is 0 Å². The van der Waals surface area contributed by atoms with E-state index in [0.29, 0.717) is 22.6 Å². The van der Waals surface area contributed by atoms with Crippen LogP contribution in [-0.4, -0.2) is 40.1 Å². The van der Waals surface area contributed by atoms with Gasteiger partial charge < -0.3 is 9.47 Å². The van der Waals surface area contributed by atoms with E-state index in [4.69, 9.17) is 0 Å². The third-order valence-corrected chi connectivity index (χ3v) is 3.73. The number of esters is 1. The van der Waals surface area contributed by atoms with E-state index in [1.54, 1.807) is 12.1 Å². The summed E-state index contributed by atoms with van der Waals surface area (Å²) in [6.45, 7) is 4.00. The van der Waals surface area contributed by atoms with Gasteiger partial charge in [-0.1, -0.05) is 26.0 Å². The maximum Gasteiger partial charge on any atom is 0.499 e. The summed E-state index contributed by atoms with van der Waals surface area (Å²) in [6, 6.07) is 10.7. The molecule has 0 amide bonds. The zero-order valence-corrected chi connectivity index (χ0v) is 16.7. The zero-order valence-electron chi connectivity index (χ0n) is 16.7. The Balaban J connectivity index is 0.00000166. The molecule has 3 aromatic rings. The third-order valence-electron chi connectivity index (χ3n) is 3.73. The highest BCUT2D eigenvalue weighted by Crippen LogP contribution is 2.37. The molecule has 0 aliphatic rings. The predicted octanol–water partition coefficient (Wildman–Crippen LogP) is 5.28. The van der Waals surface area contributed by atoms with Gasteiger partial charge in [0.2, 0.25) is 0 Å². The van der Waals surface area contributed by atoms with Crippen LogP contribution in [0.25, 0.3) is 17.1 Å². The molecule has 1 aromatic heterocycles. The van der Waals surface area contributed by atoms with Crippen LogP contribution in [0.4, 0.5) is 22.0 Å². The highest BCUT2D eigenvalue weighted by Gasteiger charge is 2.61. The number of ether oxygens (including phenoxy) is 2. The molecule has 3 rings (SSSR count). The summed E-state index contributed by atoms with van der Waals surface area (Å²) >= 11 is 0. The lowest BCUT2D eigenvalue weighted by Crippen LogP contribution is -2.41. The van der Waals surface area contributed by atoms with Gasteiger partial charge in [-0.05, 0) is 36.4 Å². The second-order valence-corrected chi connectivity index (χ2v) is 5.69. The number of carbonyl (C=O) groups is 1. The molecule has 166 valence electrons. The van der Waals surface area contributed by atoms with Gasteiger partial charge in [0.05, 0.1) is 18.4 Å². The minimum Gasteiger partial charge on any atom is -0.465 e. The van der Waals surface area contributed by atoms with Crippen molar-refractivity contribution >= 4 is 5.97 Å². The van der Waals surface area contributed by atoms with Gasteiger partial charge >= 0.3 is 18.3 Å². The monoisotopic (exact) mass is 443 g/mol. The fourth-order valence-electron chi connectivity index (χ4n) is 2.27. The lowest BCUT2D eigenvalue weighted by atomic mass is 10.1. The van der Waals surface area contributed by atoms with Crippen molar-refractivity contribution in [1.82, 2.24) is 14.8 Å². The lowest BCUT2D eigenvalue weighted by molar-refractivity contribution is -0.360. The van der Waals surface area contributed by atoms with Crippen molar-refractivity contribution in [2.45, 2.75) is 26.1 Å². The standard InChI is InChI=1S/C18H12F5N3O3.C2H6/c1-28-16(27)12-4-2-11(3-5-12)15-24-10-26(25-15)13-6-8-14(9-7-13)29-18(22,23)17(19,20)21;1-2/h2-10H,1H3;1-2H3. The molecule has 0 bridgehead atoms. The molecule has 11 heteroatoms. The van der Waals surface area contributed by atoms with E-state index in [-0.39, 0.29) is 0 Å². The Bertz CT molecular complexity index is 1000. The van der Waals surface area contributed by atoms with Crippen molar-refractivity contribution in [3.05, 3.63) is 60.4 Å². The smallest absolute Gasteiger partial charge is 0.465 e. The molecule has 0 aliphatic heterocycles. The molecular formula is C20H18F5N3O3. The lowest BCUT2D eigenvalue weighted by Gasteiger charge is -2.20. The van der Waals surface area contributed by atoms with Gasteiger partial charge in [-0.15, -0.1) is 5.10 Å². The summed E-state index contributed by atoms with van der Waals surface area (Å²) in [6.07, 6.45) is -9.79. The molecule has 0 saturated carbocycles. The van der Waals surface area contributed by atoms with Gasteiger partial charge in [0.25, 0.3) is 0 Å². The quantitative estimate of drug-likeness (QED) is 0.397. The van der Waals surface area contributed by atoms with Gasteiger partial charge in [-0.25, -0.2) is 14.5 Å². The molecule has 0 unspecified atom stereocenters. The molecule has 0 aliphatic carbocycles. The molecular weight excluding hydrogens is 425 g/mol. The number of methoxy groups -OCH3 is 1. The van der Waals surface area contributed by atoms with Gasteiger partial charge in [-0.3, -0.25) is 0 Å². The van der Waals surface area contributed by atoms with E-state index < -0.39 is 24.0 Å². The van der Waals surface area contributed by atoms with Crippen LogP contribution in [0.2, 0.25) is 0 Å². The summed E-state index contributed by atoms with van der Waals surface area (Å²) in [5.41, 5.74) is 1.31. The molecule has 0 spiro atoms. The minimum atomic E-state index is -5.82. The number of hydrogen-bond acceptors (Lipinski definition) is 5. The maximum absolute atomic E-state index is 12.9. The topological polar surface area (TPSA) is 66.2 Å². The molecule has 31 heavy (non-hydrogen) atoms. The Hall–Kier alpha value is -3.50. The average molecular weight is 443 g/mol. The van der Waals surface area contributed by atoms with Crippen LogP contribution < -0.4 is 4.74 Å². The number of aromatic nitrogens is 3. The number of carbonyl (C=O) groups excluding carboxylic acids is 1. The van der Waals surface area contributed by atoms with Crippen LogP contribution in [0.5, 0.6) is 5.75 Å². The number of benzene rings is 2. The van der Waals surface area contributed by atoms with Crippen molar-refractivity contribution in [3.63, 3.8) is 0 Å². The second kappa shape index (κ2) is 9.54. The van der Waals surface area contributed by atoms with E-state index in [0.717, 1.165) is 12.1 Å². The third kappa shape index (κ3) is 5.56. The summed E-state index contributed by atoms with van der Waals surface area (Å²) in [4.78, 5) is 15.5. The Morgan fingerprint density at radius 1 is 0.935 bits per heavy atom. The molecule has 0 atom stereocenters. The van der Waals surface area contributed by atoms with Crippen molar-refractivity contribution in [1.29, 1.82) is 0 Å². The number of alkyl halides is 5. The first kappa shape index (κ1) is 23.8. The molecule has 0 radical (unpaired) electrons. The van der Waals surface area contributed by atoms with Crippen LogP contribution in [0.15, 0.2) is 54.9 Å². The SMILES string of the molecule is CC.COC(=O)c1ccc(-c2ncn(-c3ccc(OC(F)(F)C(F)(F)F)cc3)n2)cc1. The summed E-state index contributed by atoms with van der Waals surface area (Å²) < 4.78 is 72.1. The first-order valence-corrected chi connectivity index (χ1v) is 8.95. The Labute approximate surface area is 174 Å². The van der Waals surface area contributed by atoms with Crippen molar-refractivity contribution in [3.8, 4) is 22.8 Å².